The van der Waals surface area contributed by atoms with Crippen LogP contribution in [0.3, 0.4) is 0 Å². The highest BCUT2D eigenvalue weighted by Gasteiger charge is 2.23. The molecule has 0 fully saturated rings. The number of hydrogen-bond donors (Lipinski definition) is 1. The Bertz CT molecular complexity index is 505. The summed E-state index contributed by atoms with van der Waals surface area (Å²) >= 11 is 0. The lowest BCUT2D eigenvalue weighted by Crippen LogP contribution is -2.23. The van der Waals surface area contributed by atoms with Crippen molar-refractivity contribution < 1.29 is 4.74 Å². The third-order valence-electron chi connectivity index (χ3n) is 3.67. The highest BCUT2D eigenvalue weighted by Crippen LogP contribution is 2.33. The number of nitrogens with two attached hydrogens (primary N) is 1. The van der Waals surface area contributed by atoms with Gasteiger partial charge in [0, 0.05) is 32.8 Å². The van der Waals surface area contributed by atoms with E-state index >= 15 is 0 Å². The second kappa shape index (κ2) is 6.74. The molecule has 2 N–H and O–H groups in total. The van der Waals surface area contributed by atoms with Crippen molar-refractivity contribution >= 4 is 5.69 Å². The standard InChI is InChI=1S/C16H23N3O/c1-12(18)8-13-9-14-4-6-19(5-3-7-20-2)16(14)15(10-13)11-17/h9-10,12H,3-8,18H2,1-2H3/t12-/m1/s1. The van der Waals surface area contributed by atoms with E-state index in [4.69, 9.17) is 10.5 Å². The van der Waals surface area contributed by atoms with Crippen molar-refractivity contribution in [3.05, 3.63) is 28.8 Å². The summed E-state index contributed by atoms with van der Waals surface area (Å²) in [5.74, 6) is 0. The Labute approximate surface area is 121 Å². The van der Waals surface area contributed by atoms with Crippen LogP contribution in [-0.2, 0) is 17.6 Å². The Balaban J connectivity index is 2.22. The zero-order valence-corrected chi connectivity index (χ0v) is 12.4. The molecule has 0 radical (unpaired) electrons. The van der Waals surface area contributed by atoms with Crippen molar-refractivity contribution in [2.45, 2.75) is 32.2 Å². The third kappa shape index (κ3) is 3.30. The van der Waals surface area contributed by atoms with Crippen LogP contribution < -0.4 is 10.6 Å². The van der Waals surface area contributed by atoms with Crippen LogP contribution in [0.5, 0.6) is 0 Å². The SMILES string of the molecule is COCCCN1CCc2cc(C[C@@H](C)N)cc(C#N)c21. The Hall–Kier alpha value is -1.57. The van der Waals surface area contributed by atoms with Gasteiger partial charge in [0.1, 0.15) is 6.07 Å². The lowest BCUT2D eigenvalue weighted by molar-refractivity contribution is 0.196. The molecule has 4 nitrogen and oxygen atoms in total. The molecule has 1 aliphatic heterocycles. The quantitative estimate of drug-likeness (QED) is 0.803. The average molecular weight is 273 g/mol. The maximum absolute atomic E-state index is 9.42. The molecule has 1 aliphatic rings. The minimum Gasteiger partial charge on any atom is -0.385 e. The van der Waals surface area contributed by atoms with Gasteiger partial charge in [-0.2, -0.15) is 5.26 Å². The Morgan fingerprint density at radius 3 is 2.95 bits per heavy atom. The Morgan fingerprint density at radius 2 is 2.30 bits per heavy atom. The van der Waals surface area contributed by atoms with E-state index in [2.05, 4.69) is 17.0 Å². The topological polar surface area (TPSA) is 62.3 Å². The fraction of sp³-hybridized carbons (Fsp3) is 0.562. The van der Waals surface area contributed by atoms with E-state index in [9.17, 15) is 5.26 Å². The highest BCUT2D eigenvalue weighted by molar-refractivity contribution is 5.68. The summed E-state index contributed by atoms with van der Waals surface area (Å²) in [4.78, 5) is 2.31. The molecule has 1 heterocycles. The van der Waals surface area contributed by atoms with Gasteiger partial charge in [0.05, 0.1) is 11.3 Å². The zero-order valence-electron chi connectivity index (χ0n) is 12.4. The van der Waals surface area contributed by atoms with Crippen LogP contribution in [0, 0.1) is 11.3 Å². The monoisotopic (exact) mass is 273 g/mol. The van der Waals surface area contributed by atoms with Crippen LogP contribution in [0.1, 0.15) is 30.0 Å². The predicted molar refractivity (Wildman–Crippen MR) is 80.9 cm³/mol. The molecule has 0 amide bonds. The fourth-order valence-electron chi connectivity index (χ4n) is 2.89. The molecule has 0 spiro atoms. The molecule has 1 atom stereocenters. The van der Waals surface area contributed by atoms with Gasteiger partial charge in [-0.3, -0.25) is 0 Å². The van der Waals surface area contributed by atoms with Gasteiger partial charge in [-0.15, -0.1) is 0 Å². The van der Waals surface area contributed by atoms with E-state index in [0.29, 0.717) is 0 Å². The number of ether oxygens (including phenoxy) is 1. The van der Waals surface area contributed by atoms with Crippen LogP contribution in [-0.4, -0.2) is 32.8 Å². The van der Waals surface area contributed by atoms with E-state index in [1.54, 1.807) is 7.11 Å². The number of anilines is 1. The first-order valence-corrected chi connectivity index (χ1v) is 7.21. The maximum atomic E-state index is 9.42. The second-order valence-electron chi connectivity index (χ2n) is 5.53. The summed E-state index contributed by atoms with van der Waals surface area (Å²) in [6, 6.07) is 6.69. The zero-order chi connectivity index (χ0) is 14.5. The molecule has 0 aliphatic carbocycles. The van der Waals surface area contributed by atoms with Crippen molar-refractivity contribution in [2.75, 3.05) is 31.7 Å². The molecule has 2 rings (SSSR count). The first-order valence-electron chi connectivity index (χ1n) is 7.21. The molecule has 4 heteroatoms. The summed E-state index contributed by atoms with van der Waals surface area (Å²) in [5.41, 5.74) is 10.2. The Kier molecular flexibility index (Phi) is 4.99. The van der Waals surface area contributed by atoms with Crippen molar-refractivity contribution in [2.24, 2.45) is 5.73 Å². The minimum atomic E-state index is 0.124. The van der Waals surface area contributed by atoms with Crippen LogP contribution >= 0.6 is 0 Å². The molecule has 0 unspecified atom stereocenters. The molecule has 1 aromatic carbocycles. The maximum Gasteiger partial charge on any atom is 0.101 e. The first kappa shape index (κ1) is 14.8. The van der Waals surface area contributed by atoms with E-state index in [-0.39, 0.29) is 6.04 Å². The molecule has 108 valence electrons. The van der Waals surface area contributed by atoms with Crippen LogP contribution in [0.15, 0.2) is 12.1 Å². The minimum absolute atomic E-state index is 0.124. The third-order valence-corrected chi connectivity index (χ3v) is 3.67. The molecule has 20 heavy (non-hydrogen) atoms. The summed E-state index contributed by atoms with van der Waals surface area (Å²) < 4.78 is 5.10. The summed E-state index contributed by atoms with van der Waals surface area (Å²) in [5, 5.41) is 9.42. The van der Waals surface area contributed by atoms with E-state index in [1.807, 2.05) is 13.0 Å². The van der Waals surface area contributed by atoms with E-state index < -0.39 is 0 Å². The van der Waals surface area contributed by atoms with Gasteiger partial charge in [0.15, 0.2) is 0 Å². The van der Waals surface area contributed by atoms with E-state index in [0.717, 1.165) is 50.2 Å². The lowest BCUT2D eigenvalue weighted by atomic mass is 9.99. The highest BCUT2D eigenvalue weighted by atomic mass is 16.5. The Morgan fingerprint density at radius 1 is 1.50 bits per heavy atom. The number of benzene rings is 1. The normalized spacial score (nSPS) is 15.0. The molecule has 1 aromatic rings. The average Bonchev–Trinajstić information content (AvgIpc) is 2.81. The number of nitriles is 1. The van der Waals surface area contributed by atoms with Gasteiger partial charge in [0.2, 0.25) is 0 Å². The number of hydrogen-bond acceptors (Lipinski definition) is 4. The largest absolute Gasteiger partial charge is 0.385 e. The van der Waals surface area contributed by atoms with Crippen LogP contribution in [0.2, 0.25) is 0 Å². The summed E-state index contributed by atoms with van der Waals surface area (Å²) in [6.07, 6.45) is 2.83. The molecule has 0 saturated carbocycles. The smallest absolute Gasteiger partial charge is 0.101 e. The van der Waals surface area contributed by atoms with Crippen LogP contribution in [0.25, 0.3) is 0 Å². The van der Waals surface area contributed by atoms with Crippen molar-refractivity contribution in [1.82, 2.24) is 0 Å². The van der Waals surface area contributed by atoms with Gasteiger partial charge >= 0.3 is 0 Å². The van der Waals surface area contributed by atoms with Crippen LogP contribution in [0.4, 0.5) is 5.69 Å². The second-order valence-corrected chi connectivity index (χ2v) is 5.53. The number of methoxy groups -OCH3 is 1. The summed E-state index contributed by atoms with van der Waals surface area (Å²) in [7, 11) is 1.72. The lowest BCUT2D eigenvalue weighted by Gasteiger charge is -2.20. The molecule has 0 bridgehead atoms. The van der Waals surface area contributed by atoms with Crippen molar-refractivity contribution in [1.29, 1.82) is 5.26 Å². The predicted octanol–water partition coefficient (Wildman–Crippen LogP) is 1.85. The molecular formula is C16H23N3O. The fourth-order valence-corrected chi connectivity index (χ4v) is 2.89. The molecule has 0 aromatic heterocycles. The number of nitrogens with zero attached hydrogens (tertiary/aromatic N) is 2. The first-order chi connectivity index (χ1) is 9.65. The molecular weight excluding hydrogens is 250 g/mol. The van der Waals surface area contributed by atoms with Gasteiger partial charge in [-0.05, 0) is 43.4 Å². The van der Waals surface area contributed by atoms with E-state index in [1.165, 1.54) is 11.1 Å². The number of rotatable bonds is 6. The van der Waals surface area contributed by atoms with Gasteiger partial charge in [-0.1, -0.05) is 6.07 Å². The van der Waals surface area contributed by atoms with Crippen molar-refractivity contribution in [3.63, 3.8) is 0 Å². The number of fused-ring (bicyclic) bond motifs is 1. The summed E-state index contributed by atoms with van der Waals surface area (Å²) in [6.45, 7) is 4.70. The van der Waals surface area contributed by atoms with Gasteiger partial charge in [0.25, 0.3) is 0 Å². The molecule has 0 saturated heterocycles. The van der Waals surface area contributed by atoms with Crippen molar-refractivity contribution in [3.8, 4) is 6.07 Å². The van der Waals surface area contributed by atoms with Gasteiger partial charge < -0.3 is 15.4 Å². The van der Waals surface area contributed by atoms with Gasteiger partial charge in [-0.25, -0.2) is 0 Å².